The highest BCUT2D eigenvalue weighted by molar-refractivity contribution is 5.97. The summed E-state index contributed by atoms with van der Waals surface area (Å²) in [6.07, 6.45) is 1.99. The molecule has 0 unspecified atom stereocenters. The fourth-order valence-electron chi connectivity index (χ4n) is 1.88. The Morgan fingerprint density at radius 3 is 2.45 bits per heavy atom. The highest BCUT2D eigenvalue weighted by atomic mass is 16.2. The van der Waals surface area contributed by atoms with Gasteiger partial charge in [0.15, 0.2) is 0 Å². The lowest BCUT2D eigenvalue weighted by Gasteiger charge is -2.21. The van der Waals surface area contributed by atoms with E-state index in [0.29, 0.717) is 6.54 Å². The summed E-state index contributed by atoms with van der Waals surface area (Å²) in [5, 5.41) is 2.83. The maximum Gasteiger partial charge on any atom is 0.240 e. The zero-order chi connectivity index (χ0) is 15.1. The summed E-state index contributed by atoms with van der Waals surface area (Å²) < 4.78 is 0. The summed E-state index contributed by atoms with van der Waals surface area (Å²) in [5.41, 5.74) is 3.05. The molecule has 0 saturated carbocycles. The number of rotatable bonds is 6. The van der Waals surface area contributed by atoms with E-state index in [2.05, 4.69) is 12.2 Å². The number of nitrogens with one attached hydrogen (secondary N) is 1. The molecule has 20 heavy (non-hydrogen) atoms. The fourth-order valence-corrected chi connectivity index (χ4v) is 1.88. The van der Waals surface area contributed by atoms with Crippen molar-refractivity contribution in [3.63, 3.8) is 0 Å². The molecule has 4 nitrogen and oxygen atoms in total. The van der Waals surface area contributed by atoms with Gasteiger partial charge in [0.05, 0.1) is 0 Å². The number of nitrogens with zero attached hydrogens (tertiary/aromatic N) is 1. The van der Waals surface area contributed by atoms with Crippen LogP contribution in [0.1, 0.15) is 37.8 Å². The van der Waals surface area contributed by atoms with Crippen molar-refractivity contribution < 1.29 is 9.59 Å². The summed E-state index contributed by atoms with van der Waals surface area (Å²) in [6.45, 7) is 8.31. The van der Waals surface area contributed by atoms with Gasteiger partial charge in [-0.1, -0.05) is 19.4 Å². The summed E-state index contributed by atoms with van der Waals surface area (Å²) >= 11 is 0. The minimum absolute atomic E-state index is 0.0710. The van der Waals surface area contributed by atoms with Gasteiger partial charge in [0.2, 0.25) is 11.8 Å². The van der Waals surface area contributed by atoms with E-state index in [9.17, 15) is 9.59 Å². The monoisotopic (exact) mass is 276 g/mol. The van der Waals surface area contributed by atoms with Crippen LogP contribution in [0.5, 0.6) is 0 Å². The number of carbonyl (C=O) groups excluding carboxylic acids is 2. The highest BCUT2D eigenvalue weighted by Gasteiger charge is 2.15. The maximum atomic E-state index is 11.9. The van der Waals surface area contributed by atoms with Gasteiger partial charge in [0, 0.05) is 19.2 Å². The molecule has 0 heterocycles. The average molecular weight is 276 g/mol. The smallest absolute Gasteiger partial charge is 0.240 e. The molecule has 0 aliphatic heterocycles. The van der Waals surface area contributed by atoms with Crippen molar-refractivity contribution in [1.29, 1.82) is 0 Å². The zero-order valence-electron chi connectivity index (χ0n) is 12.8. The molecule has 0 spiro atoms. The first kappa shape index (κ1) is 16.2. The molecule has 2 amide bonds. The van der Waals surface area contributed by atoms with Crippen molar-refractivity contribution in [2.75, 3.05) is 18.0 Å². The number of hydrogen-bond acceptors (Lipinski definition) is 2. The average Bonchev–Trinajstić information content (AvgIpc) is 2.39. The van der Waals surface area contributed by atoms with Crippen LogP contribution in [0.15, 0.2) is 18.2 Å². The van der Waals surface area contributed by atoms with Crippen LogP contribution < -0.4 is 10.2 Å². The van der Waals surface area contributed by atoms with E-state index in [-0.39, 0.29) is 18.4 Å². The topological polar surface area (TPSA) is 49.4 Å². The van der Waals surface area contributed by atoms with Crippen LogP contribution in [0.2, 0.25) is 0 Å². The minimum Gasteiger partial charge on any atom is -0.355 e. The van der Waals surface area contributed by atoms with E-state index in [4.69, 9.17) is 0 Å². The molecule has 1 aromatic carbocycles. The van der Waals surface area contributed by atoms with Crippen LogP contribution in [0.25, 0.3) is 0 Å². The number of aryl methyl sites for hydroxylation is 2. The molecule has 110 valence electrons. The van der Waals surface area contributed by atoms with E-state index in [1.54, 1.807) is 0 Å². The molecule has 0 aliphatic rings. The molecule has 0 radical (unpaired) electrons. The van der Waals surface area contributed by atoms with Crippen LogP contribution in [0.4, 0.5) is 5.69 Å². The van der Waals surface area contributed by atoms with Gasteiger partial charge in [-0.05, 0) is 43.5 Å². The Morgan fingerprint density at radius 1 is 1.20 bits per heavy atom. The van der Waals surface area contributed by atoms with E-state index in [1.807, 2.05) is 32.0 Å². The van der Waals surface area contributed by atoms with Gasteiger partial charge >= 0.3 is 0 Å². The van der Waals surface area contributed by atoms with Crippen molar-refractivity contribution in [2.45, 2.75) is 40.5 Å². The van der Waals surface area contributed by atoms with E-state index < -0.39 is 0 Å². The van der Waals surface area contributed by atoms with Crippen LogP contribution in [-0.2, 0) is 9.59 Å². The second-order valence-electron chi connectivity index (χ2n) is 5.08. The lowest BCUT2D eigenvalue weighted by atomic mass is 10.1. The van der Waals surface area contributed by atoms with Gasteiger partial charge in [-0.25, -0.2) is 0 Å². The van der Waals surface area contributed by atoms with E-state index in [0.717, 1.165) is 24.1 Å². The first-order valence-electron chi connectivity index (χ1n) is 7.07. The number of amides is 2. The molecule has 4 heteroatoms. The Morgan fingerprint density at radius 2 is 1.90 bits per heavy atom. The Hall–Kier alpha value is -1.84. The molecule has 1 aromatic rings. The van der Waals surface area contributed by atoms with Crippen molar-refractivity contribution in [2.24, 2.45) is 0 Å². The number of hydrogen-bond donors (Lipinski definition) is 1. The largest absolute Gasteiger partial charge is 0.355 e. The van der Waals surface area contributed by atoms with Crippen molar-refractivity contribution >= 4 is 17.5 Å². The van der Waals surface area contributed by atoms with E-state index >= 15 is 0 Å². The third-order valence-corrected chi connectivity index (χ3v) is 3.34. The number of unbranched alkanes of at least 4 members (excludes halogenated alkanes) is 1. The molecule has 0 bridgehead atoms. The predicted molar refractivity (Wildman–Crippen MR) is 81.9 cm³/mol. The first-order valence-corrected chi connectivity index (χ1v) is 7.07. The quantitative estimate of drug-likeness (QED) is 0.812. The SMILES string of the molecule is CCCCNC(=O)CN(C(C)=O)c1ccc(C)c(C)c1. The Labute approximate surface area is 121 Å². The second-order valence-corrected chi connectivity index (χ2v) is 5.08. The maximum absolute atomic E-state index is 11.9. The van der Waals surface area contributed by atoms with Crippen LogP contribution in [0.3, 0.4) is 0 Å². The van der Waals surface area contributed by atoms with E-state index in [1.165, 1.54) is 17.4 Å². The Kier molecular flexibility index (Phi) is 6.22. The normalized spacial score (nSPS) is 10.2. The minimum atomic E-state index is -0.126. The third kappa shape index (κ3) is 4.68. The van der Waals surface area contributed by atoms with Gasteiger partial charge in [-0.2, -0.15) is 0 Å². The number of carbonyl (C=O) groups is 2. The van der Waals surface area contributed by atoms with Crippen LogP contribution >= 0.6 is 0 Å². The molecule has 0 fully saturated rings. The van der Waals surface area contributed by atoms with Crippen LogP contribution in [-0.4, -0.2) is 24.9 Å². The molecule has 1 N–H and O–H groups in total. The summed E-state index contributed by atoms with van der Waals surface area (Å²) in [7, 11) is 0. The number of benzene rings is 1. The van der Waals surface area contributed by atoms with Gasteiger partial charge in [-0.15, -0.1) is 0 Å². The van der Waals surface area contributed by atoms with Crippen molar-refractivity contribution in [3.8, 4) is 0 Å². The van der Waals surface area contributed by atoms with Crippen LogP contribution in [0, 0.1) is 13.8 Å². The first-order chi connectivity index (χ1) is 9.45. The highest BCUT2D eigenvalue weighted by Crippen LogP contribution is 2.18. The lowest BCUT2D eigenvalue weighted by Crippen LogP contribution is -2.40. The summed E-state index contributed by atoms with van der Waals surface area (Å²) in [4.78, 5) is 25.1. The number of anilines is 1. The van der Waals surface area contributed by atoms with Gasteiger partial charge in [0.25, 0.3) is 0 Å². The second kappa shape index (κ2) is 7.68. The predicted octanol–water partition coefficient (Wildman–Crippen LogP) is 2.57. The molecule has 1 rings (SSSR count). The van der Waals surface area contributed by atoms with Gasteiger partial charge in [0.1, 0.15) is 6.54 Å². The standard InChI is InChI=1S/C16H24N2O2/c1-5-6-9-17-16(20)11-18(14(4)19)15-8-7-12(2)13(3)10-15/h7-8,10H,5-6,9,11H2,1-4H3,(H,17,20). The molecular formula is C16H24N2O2. The summed E-state index contributed by atoms with van der Waals surface area (Å²) in [6, 6.07) is 5.79. The van der Waals surface area contributed by atoms with Crippen molar-refractivity contribution in [3.05, 3.63) is 29.3 Å². The molecule has 0 saturated heterocycles. The van der Waals surface area contributed by atoms with Gasteiger partial charge in [-0.3, -0.25) is 9.59 Å². The fraction of sp³-hybridized carbons (Fsp3) is 0.500. The lowest BCUT2D eigenvalue weighted by molar-refractivity contribution is -0.123. The summed E-state index contributed by atoms with van der Waals surface area (Å²) in [5.74, 6) is -0.245. The Bertz CT molecular complexity index is 483. The molecule has 0 aliphatic carbocycles. The Balaban J connectivity index is 2.76. The van der Waals surface area contributed by atoms with Gasteiger partial charge < -0.3 is 10.2 Å². The molecule has 0 atom stereocenters. The third-order valence-electron chi connectivity index (χ3n) is 3.34. The van der Waals surface area contributed by atoms with Crippen molar-refractivity contribution in [1.82, 2.24) is 5.32 Å². The zero-order valence-corrected chi connectivity index (χ0v) is 12.8. The molecular weight excluding hydrogens is 252 g/mol. The molecule has 0 aromatic heterocycles.